The summed E-state index contributed by atoms with van der Waals surface area (Å²) in [5.41, 5.74) is 1.99. The van der Waals surface area contributed by atoms with Crippen LogP contribution in [0.25, 0.3) is 21.7 Å². The Balaban J connectivity index is 1.65. The molecule has 4 rings (SSSR count). The summed E-state index contributed by atoms with van der Waals surface area (Å²) in [5.74, 6) is -0.963. The molecule has 7 nitrogen and oxygen atoms in total. The predicted molar refractivity (Wildman–Crippen MR) is 141 cm³/mol. The predicted octanol–water partition coefficient (Wildman–Crippen LogP) is 6.47. The Labute approximate surface area is 216 Å². The molecule has 0 amide bonds. The van der Waals surface area contributed by atoms with Gasteiger partial charge in [-0.25, -0.2) is 19.2 Å². The van der Waals surface area contributed by atoms with Crippen LogP contribution in [0.2, 0.25) is 0 Å². The molecule has 188 valence electrons. The van der Waals surface area contributed by atoms with Crippen LogP contribution in [0.15, 0.2) is 48.0 Å². The van der Waals surface area contributed by atoms with E-state index in [0.29, 0.717) is 28.7 Å². The molecule has 0 radical (unpaired) electrons. The Morgan fingerprint density at radius 2 is 2.06 bits per heavy atom. The van der Waals surface area contributed by atoms with E-state index in [0.717, 1.165) is 21.7 Å². The van der Waals surface area contributed by atoms with Gasteiger partial charge in [0, 0.05) is 40.1 Å². The lowest BCUT2D eigenvalue weighted by atomic mass is 10.0. The van der Waals surface area contributed by atoms with Crippen molar-refractivity contribution in [2.24, 2.45) is 5.92 Å². The third kappa shape index (κ3) is 6.07. The maximum Gasteiger partial charge on any atom is 0.339 e. The van der Waals surface area contributed by atoms with E-state index in [4.69, 9.17) is 9.84 Å². The van der Waals surface area contributed by atoms with Crippen LogP contribution >= 0.6 is 22.7 Å². The van der Waals surface area contributed by atoms with Gasteiger partial charge in [0.2, 0.25) is 0 Å². The van der Waals surface area contributed by atoms with E-state index in [1.165, 1.54) is 28.7 Å². The molecule has 0 saturated carbocycles. The lowest BCUT2D eigenvalue weighted by Gasteiger charge is -2.09. The third-order valence-corrected chi connectivity index (χ3v) is 7.12. The molecule has 0 aliphatic rings. The minimum Gasteiger partial charge on any atom is -0.490 e. The molecule has 10 heteroatoms. The van der Waals surface area contributed by atoms with E-state index in [2.05, 4.69) is 29.1 Å². The van der Waals surface area contributed by atoms with E-state index in [-0.39, 0.29) is 30.3 Å². The number of aromatic nitrogens is 2. The first-order valence-electron chi connectivity index (χ1n) is 11.4. The van der Waals surface area contributed by atoms with Crippen molar-refractivity contribution in [3.05, 3.63) is 64.2 Å². The number of rotatable bonds is 11. The number of nitrogens with zero attached hydrogens (tertiary/aromatic N) is 2. The molecule has 36 heavy (non-hydrogen) atoms. The molecule has 1 aromatic carbocycles. The molecule has 0 aliphatic carbocycles. The molecular weight excluding hydrogens is 501 g/mol. The average Bonchev–Trinajstić information content (AvgIpc) is 3.50. The second kappa shape index (κ2) is 11.6. The number of thiazole rings is 1. The number of aliphatic hydroxyl groups excluding tert-OH is 1. The van der Waals surface area contributed by atoms with Gasteiger partial charge >= 0.3 is 5.97 Å². The quantitative estimate of drug-likeness (QED) is 0.192. The van der Waals surface area contributed by atoms with E-state index in [1.54, 1.807) is 24.4 Å². The summed E-state index contributed by atoms with van der Waals surface area (Å²) in [6.07, 6.45) is 2.78. The highest BCUT2D eigenvalue weighted by Gasteiger charge is 2.19. The van der Waals surface area contributed by atoms with Crippen LogP contribution in [0.3, 0.4) is 0 Å². The number of hydrogen-bond acceptors (Lipinski definition) is 8. The fourth-order valence-electron chi connectivity index (χ4n) is 3.56. The van der Waals surface area contributed by atoms with Crippen molar-refractivity contribution in [2.75, 3.05) is 18.5 Å². The van der Waals surface area contributed by atoms with Gasteiger partial charge in [-0.05, 0) is 48.1 Å². The zero-order valence-electron chi connectivity index (χ0n) is 19.8. The number of carboxylic acids is 1. The Morgan fingerprint density at radius 3 is 2.72 bits per heavy atom. The van der Waals surface area contributed by atoms with E-state index < -0.39 is 11.8 Å². The number of thiophene rings is 1. The van der Waals surface area contributed by atoms with Crippen molar-refractivity contribution in [2.45, 2.75) is 26.7 Å². The second-order valence-corrected chi connectivity index (χ2v) is 10.5. The van der Waals surface area contributed by atoms with Gasteiger partial charge in [0.1, 0.15) is 11.4 Å². The Morgan fingerprint density at radius 1 is 1.22 bits per heavy atom. The number of aromatic carboxylic acids is 1. The summed E-state index contributed by atoms with van der Waals surface area (Å²) < 4.78 is 20.1. The van der Waals surface area contributed by atoms with Crippen molar-refractivity contribution in [3.63, 3.8) is 0 Å². The number of halogens is 1. The molecule has 4 aromatic rings. The summed E-state index contributed by atoms with van der Waals surface area (Å²) in [4.78, 5) is 22.9. The van der Waals surface area contributed by atoms with Crippen molar-refractivity contribution in [1.82, 2.24) is 9.97 Å². The molecule has 0 bridgehead atoms. The number of nitrogens with one attached hydrogen (secondary N) is 1. The summed E-state index contributed by atoms with van der Waals surface area (Å²) >= 11 is 2.90. The molecule has 0 aliphatic heterocycles. The SMILES string of the molecule is CC(C)Cc1sc(Nc2ncc(-c3cccs3)cc2C(=O)O)nc1-c1ccc(OCCCO)c(F)c1. The smallest absolute Gasteiger partial charge is 0.339 e. The van der Waals surface area contributed by atoms with Gasteiger partial charge in [-0.3, -0.25) is 0 Å². The monoisotopic (exact) mass is 527 g/mol. The van der Waals surface area contributed by atoms with E-state index in [1.807, 2.05) is 17.5 Å². The molecule has 3 heterocycles. The zero-order chi connectivity index (χ0) is 25.7. The Kier molecular flexibility index (Phi) is 8.29. The van der Waals surface area contributed by atoms with Crippen LogP contribution in [0, 0.1) is 11.7 Å². The maximum absolute atomic E-state index is 14.7. The van der Waals surface area contributed by atoms with Gasteiger partial charge in [0.15, 0.2) is 16.7 Å². The van der Waals surface area contributed by atoms with Crippen LogP contribution in [-0.4, -0.2) is 39.4 Å². The molecular formula is C26H26FN3O4S2. The first-order chi connectivity index (χ1) is 17.4. The summed E-state index contributed by atoms with van der Waals surface area (Å²) in [5, 5.41) is 24.2. The zero-order valence-corrected chi connectivity index (χ0v) is 21.5. The summed E-state index contributed by atoms with van der Waals surface area (Å²) in [7, 11) is 0. The largest absolute Gasteiger partial charge is 0.490 e. The van der Waals surface area contributed by atoms with Crippen molar-refractivity contribution in [3.8, 4) is 27.4 Å². The van der Waals surface area contributed by atoms with Gasteiger partial charge in [0.25, 0.3) is 0 Å². The standard InChI is InChI=1S/C26H26FN3O4S2/c1-15(2)11-22-23(16-6-7-20(19(27)13-16)34-9-4-8-31)29-26(36-22)30-24-18(25(32)33)12-17(14-28-24)21-5-3-10-35-21/h3,5-7,10,12-15,31H,4,8-9,11H2,1-2H3,(H,32,33)(H,28,29,30). The summed E-state index contributed by atoms with van der Waals surface area (Å²) in [6, 6.07) is 10.1. The number of pyridine rings is 1. The topological polar surface area (TPSA) is 105 Å². The Hall–Kier alpha value is -3.34. The fraction of sp³-hybridized carbons (Fsp3) is 0.269. The van der Waals surface area contributed by atoms with Crippen molar-refractivity contribution < 1.29 is 24.1 Å². The normalized spacial score (nSPS) is 11.1. The second-order valence-electron chi connectivity index (χ2n) is 8.49. The number of carboxylic acid groups (broad SMARTS) is 1. The van der Waals surface area contributed by atoms with Gasteiger partial charge in [-0.2, -0.15) is 0 Å². The van der Waals surface area contributed by atoms with Crippen molar-refractivity contribution >= 4 is 39.6 Å². The Bertz CT molecular complexity index is 1340. The molecule has 0 atom stereocenters. The molecule has 0 spiro atoms. The van der Waals surface area contributed by atoms with Crippen LogP contribution < -0.4 is 10.1 Å². The van der Waals surface area contributed by atoms with Crippen molar-refractivity contribution in [1.29, 1.82) is 0 Å². The minimum absolute atomic E-state index is 0.0257. The van der Waals surface area contributed by atoms with E-state index >= 15 is 0 Å². The molecule has 0 fully saturated rings. The number of benzene rings is 1. The van der Waals surface area contributed by atoms with Crippen LogP contribution in [0.4, 0.5) is 15.3 Å². The lowest BCUT2D eigenvalue weighted by molar-refractivity contribution is 0.0697. The van der Waals surface area contributed by atoms with Crippen LogP contribution in [0.5, 0.6) is 5.75 Å². The molecule has 3 N–H and O–H groups in total. The average molecular weight is 528 g/mol. The lowest BCUT2D eigenvalue weighted by Crippen LogP contribution is -2.05. The van der Waals surface area contributed by atoms with Gasteiger partial charge in [-0.1, -0.05) is 19.9 Å². The van der Waals surface area contributed by atoms with Crippen LogP contribution in [0.1, 0.15) is 35.5 Å². The minimum atomic E-state index is -1.10. The number of ether oxygens (including phenoxy) is 1. The first kappa shape index (κ1) is 25.7. The molecule has 0 unspecified atom stereocenters. The first-order valence-corrected chi connectivity index (χ1v) is 13.1. The van der Waals surface area contributed by atoms with Gasteiger partial charge < -0.3 is 20.3 Å². The number of hydrogen-bond donors (Lipinski definition) is 3. The van der Waals surface area contributed by atoms with Crippen LogP contribution in [-0.2, 0) is 6.42 Å². The number of carbonyl (C=O) groups is 1. The van der Waals surface area contributed by atoms with E-state index in [9.17, 15) is 14.3 Å². The number of aliphatic hydroxyl groups is 1. The highest BCUT2D eigenvalue weighted by Crippen LogP contribution is 2.36. The van der Waals surface area contributed by atoms with Gasteiger partial charge in [-0.15, -0.1) is 22.7 Å². The third-order valence-electron chi connectivity index (χ3n) is 5.21. The highest BCUT2D eigenvalue weighted by molar-refractivity contribution is 7.16. The summed E-state index contributed by atoms with van der Waals surface area (Å²) in [6.45, 7) is 4.37. The number of anilines is 2. The van der Waals surface area contributed by atoms with Gasteiger partial charge in [0.05, 0.1) is 12.3 Å². The highest BCUT2D eigenvalue weighted by atomic mass is 32.1. The maximum atomic E-state index is 14.7. The molecule has 0 saturated heterocycles. The fourth-order valence-corrected chi connectivity index (χ4v) is 5.46. The molecule has 3 aromatic heterocycles.